The van der Waals surface area contributed by atoms with Gasteiger partial charge in [0, 0.05) is 6.07 Å². The van der Waals surface area contributed by atoms with Gasteiger partial charge < -0.3 is 4.74 Å². The van der Waals surface area contributed by atoms with E-state index in [0.717, 1.165) is 18.2 Å². The van der Waals surface area contributed by atoms with E-state index in [1.165, 1.54) is 5.56 Å². The topological polar surface area (TPSA) is 52.4 Å². The smallest absolute Gasteiger partial charge is 0.276 e. The first-order chi connectivity index (χ1) is 9.97. The summed E-state index contributed by atoms with van der Waals surface area (Å²) in [5, 5.41) is 10.9. The highest BCUT2D eigenvalue weighted by molar-refractivity contribution is 5.40. The summed E-state index contributed by atoms with van der Waals surface area (Å²) < 4.78 is 18.7. The Bertz CT molecular complexity index is 638. The quantitative estimate of drug-likeness (QED) is 0.604. The second kappa shape index (κ2) is 6.35. The molecule has 0 spiro atoms. The molecule has 0 bridgehead atoms. The zero-order valence-corrected chi connectivity index (χ0v) is 11.9. The van der Waals surface area contributed by atoms with Crippen molar-refractivity contribution in [2.24, 2.45) is 0 Å². The summed E-state index contributed by atoms with van der Waals surface area (Å²) in [6.45, 7) is 4.13. The first-order valence-corrected chi connectivity index (χ1v) is 6.63. The number of halogens is 1. The normalized spacial score (nSPS) is 10.7. The number of benzene rings is 2. The van der Waals surface area contributed by atoms with Gasteiger partial charge in [0.15, 0.2) is 0 Å². The molecular formula is C16H16FNO3. The predicted molar refractivity (Wildman–Crippen MR) is 77.9 cm³/mol. The van der Waals surface area contributed by atoms with Gasteiger partial charge in [0.25, 0.3) is 5.69 Å². The lowest BCUT2D eigenvalue weighted by Gasteiger charge is -2.09. The molecule has 0 heterocycles. The maximum absolute atomic E-state index is 13.2. The summed E-state index contributed by atoms with van der Waals surface area (Å²) in [7, 11) is 0. The Morgan fingerprint density at radius 2 is 1.86 bits per heavy atom. The molecule has 0 aliphatic heterocycles. The van der Waals surface area contributed by atoms with Gasteiger partial charge in [0.1, 0.15) is 18.2 Å². The SMILES string of the molecule is CC(C)c1ccc(OCc2cc(F)ccc2[N+](=O)[O-])cc1. The molecule has 0 unspecified atom stereocenters. The molecule has 0 saturated carbocycles. The Kier molecular flexibility index (Phi) is 4.52. The van der Waals surface area contributed by atoms with Gasteiger partial charge in [0.2, 0.25) is 0 Å². The van der Waals surface area contributed by atoms with Crippen molar-refractivity contribution >= 4 is 5.69 Å². The lowest BCUT2D eigenvalue weighted by atomic mass is 10.0. The van der Waals surface area contributed by atoms with Gasteiger partial charge in [-0.3, -0.25) is 10.1 Å². The Morgan fingerprint density at radius 3 is 2.43 bits per heavy atom. The molecule has 0 atom stereocenters. The van der Waals surface area contributed by atoms with E-state index in [4.69, 9.17) is 4.74 Å². The van der Waals surface area contributed by atoms with Crippen molar-refractivity contribution < 1.29 is 14.1 Å². The van der Waals surface area contributed by atoms with Crippen LogP contribution >= 0.6 is 0 Å². The number of hydrogen-bond donors (Lipinski definition) is 0. The van der Waals surface area contributed by atoms with Crippen LogP contribution in [0.4, 0.5) is 10.1 Å². The van der Waals surface area contributed by atoms with Crippen LogP contribution in [0.5, 0.6) is 5.75 Å². The molecule has 5 heteroatoms. The van der Waals surface area contributed by atoms with E-state index in [9.17, 15) is 14.5 Å². The average molecular weight is 289 g/mol. The van der Waals surface area contributed by atoms with Gasteiger partial charge in [-0.25, -0.2) is 4.39 Å². The van der Waals surface area contributed by atoms with Crippen molar-refractivity contribution in [3.63, 3.8) is 0 Å². The molecule has 0 N–H and O–H groups in total. The minimum Gasteiger partial charge on any atom is -0.489 e. The van der Waals surface area contributed by atoms with E-state index >= 15 is 0 Å². The zero-order chi connectivity index (χ0) is 15.4. The molecule has 0 aromatic heterocycles. The van der Waals surface area contributed by atoms with Crippen LogP contribution in [0.1, 0.15) is 30.9 Å². The van der Waals surface area contributed by atoms with Gasteiger partial charge >= 0.3 is 0 Å². The Hall–Kier alpha value is -2.43. The molecule has 0 fully saturated rings. The lowest BCUT2D eigenvalue weighted by Crippen LogP contribution is -2.01. The van der Waals surface area contributed by atoms with Crippen LogP contribution in [0.25, 0.3) is 0 Å². The van der Waals surface area contributed by atoms with Crippen LogP contribution in [-0.4, -0.2) is 4.92 Å². The highest BCUT2D eigenvalue weighted by atomic mass is 19.1. The minimum absolute atomic E-state index is 0.0465. The van der Waals surface area contributed by atoms with Crippen LogP contribution in [0.3, 0.4) is 0 Å². The minimum atomic E-state index is -0.542. The third-order valence-electron chi connectivity index (χ3n) is 3.18. The summed E-state index contributed by atoms with van der Waals surface area (Å²) in [6, 6.07) is 10.8. The maximum Gasteiger partial charge on any atom is 0.276 e. The van der Waals surface area contributed by atoms with Crippen LogP contribution < -0.4 is 4.74 Å². The van der Waals surface area contributed by atoms with E-state index in [1.807, 2.05) is 12.1 Å². The number of nitro benzene ring substituents is 1. The summed E-state index contributed by atoms with van der Waals surface area (Å²) in [6.07, 6.45) is 0. The monoisotopic (exact) mass is 289 g/mol. The van der Waals surface area contributed by atoms with E-state index in [1.54, 1.807) is 12.1 Å². The fourth-order valence-electron chi connectivity index (χ4n) is 1.96. The standard InChI is InChI=1S/C16H16FNO3/c1-11(2)12-3-6-15(7-4-12)21-10-13-9-14(17)5-8-16(13)18(19)20/h3-9,11H,10H2,1-2H3. The Balaban J connectivity index is 2.12. The molecule has 0 amide bonds. The van der Waals surface area contributed by atoms with Crippen LogP contribution in [0.15, 0.2) is 42.5 Å². The third kappa shape index (κ3) is 3.78. The molecular weight excluding hydrogens is 273 g/mol. The molecule has 2 rings (SSSR count). The molecule has 0 radical (unpaired) electrons. The number of ether oxygens (including phenoxy) is 1. The van der Waals surface area contributed by atoms with Crippen molar-refractivity contribution in [1.29, 1.82) is 0 Å². The number of nitro groups is 1. The zero-order valence-electron chi connectivity index (χ0n) is 11.9. The molecule has 0 aliphatic rings. The van der Waals surface area contributed by atoms with Gasteiger partial charge in [-0.05, 0) is 35.7 Å². The molecule has 4 nitrogen and oxygen atoms in total. The number of hydrogen-bond acceptors (Lipinski definition) is 3. The molecule has 0 saturated heterocycles. The lowest BCUT2D eigenvalue weighted by molar-refractivity contribution is -0.385. The molecule has 0 aliphatic carbocycles. The summed E-state index contributed by atoms with van der Waals surface area (Å²) in [5.74, 6) is 0.496. The van der Waals surface area contributed by atoms with E-state index in [-0.39, 0.29) is 17.9 Å². The Labute approximate surface area is 122 Å². The highest BCUT2D eigenvalue weighted by Crippen LogP contribution is 2.23. The van der Waals surface area contributed by atoms with E-state index in [2.05, 4.69) is 13.8 Å². The number of rotatable bonds is 5. The van der Waals surface area contributed by atoms with Crippen LogP contribution in [0, 0.1) is 15.9 Å². The Morgan fingerprint density at radius 1 is 1.19 bits per heavy atom. The van der Waals surface area contributed by atoms with Gasteiger partial charge in [-0.15, -0.1) is 0 Å². The van der Waals surface area contributed by atoms with Gasteiger partial charge in [-0.1, -0.05) is 26.0 Å². The van der Waals surface area contributed by atoms with E-state index < -0.39 is 10.7 Å². The fraction of sp³-hybridized carbons (Fsp3) is 0.250. The first-order valence-electron chi connectivity index (χ1n) is 6.63. The summed E-state index contributed by atoms with van der Waals surface area (Å²) >= 11 is 0. The average Bonchev–Trinajstić information content (AvgIpc) is 2.45. The number of nitrogens with zero attached hydrogens (tertiary/aromatic N) is 1. The molecule has 21 heavy (non-hydrogen) atoms. The van der Waals surface area contributed by atoms with Crippen molar-refractivity contribution in [3.8, 4) is 5.75 Å². The molecule has 2 aromatic rings. The summed E-state index contributed by atoms with van der Waals surface area (Å²) in [4.78, 5) is 10.3. The van der Waals surface area contributed by atoms with Crippen LogP contribution in [0.2, 0.25) is 0 Å². The fourth-order valence-corrected chi connectivity index (χ4v) is 1.96. The van der Waals surface area contributed by atoms with Gasteiger partial charge in [-0.2, -0.15) is 0 Å². The van der Waals surface area contributed by atoms with Crippen molar-refractivity contribution in [2.75, 3.05) is 0 Å². The van der Waals surface area contributed by atoms with E-state index in [0.29, 0.717) is 11.7 Å². The van der Waals surface area contributed by atoms with Crippen molar-refractivity contribution in [1.82, 2.24) is 0 Å². The molecule has 2 aromatic carbocycles. The van der Waals surface area contributed by atoms with Crippen molar-refractivity contribution in [2.45, 2.75) is 26.4 Å². The third-order valence-corrected chi connectivity index (χ3v) is 3.18. The van der Waals surface area contributed by atoms with Crippen LogP contribution in [-0.2, 0) is 6.61 Å². The predicted octanol–water partition coefficient (Wildman–Crippen LogP) is 4.44. The molecule has 110 valence electrons. The largest absolute Gasteiger partial charge is 0.489 e. The van der Waals surface area contributed by atoms with Crippen molar-refractivity contribution in [3.05, 3.63) is 69.5 Å². The maximum atomic E-state index is 13.2. The second-order valence-electron chi connectivity index (χ2n) is 5.04. The highest BCUT2D eigenvalue weighted by Gasteiger charge is 2.14. The first kappa shape index (κ1) is 15.0. The summed E-state index contributed by atoms with van der Waals surface area (Å²) in [5.41, 5.74) is 1.25. The van der Waals surface area contributed by atoms with Gasteiger partial charge in [0.05, 0.1) is 10.5 Å². The second-order valence-corrected chi connectivity index (χ2v) is 5.04.